The molecule has 4 aromatic rings. The van der Waals surface area contributed by atoms with Gasteiger partial charge in [-0.1, -0.05) is 11.6 Å². The van der Waals surface area contributed by atoms with Gasteiger partial charge in [0.25, 0.3) is 0 Å². The van der Waals surface area contributed by atoms with Crippen LogP contribution in [0.25, 0.3) is 16.9 Å². The molecular formula is C27H28ClF4N9O. The third-order valence-electron chi connectivity index (χ3n) is 7.09. The number of anilines is 2. The molecule has 1 saturated heterocycles. The first-order valence-electron chi connectivity index (χ1n) is 12.9. The number of imidazole rings is 1. The fourth-order valence-corrected chi connectivity index (χ4v) is 5.10. The Morgan fingerprint density at radius 2 is 2.02 bits per heavy atom. The molecule has 1 aliphatic rings. The number of aryl methyl sites for hydroxylation is 1. The lowest BCUT2D eigenvalue weighted by Gasteiger charge is -2.22. The largest absolute Gasteiger partial charge is 0.450 e. The molecule has 0 saturated carbocycles. The van der Waals surface area contributed by atoms with Crippen LogP contribution < -0.4 is 15.8 Å². The highest BCUT2D eigenvalue weighted by molar-refractivity contribution is 6.36. The third kappa shape index (κ3) is 5.96. The summed E-state index contributed by atoms with van der Waals surface area (Å²) in [7, 11) is 5.45. The molecule has 0 spiro atoms. The number of likely N-dealkylation sites (N-methyl/N-ethyl adjacent to an activating group) is 1. The van der Waals surface area contributed by atoms with Crippen molar-refractivity contribution in [1.82, 2.24) is 34.3 Å². The second-order valence-corrected chi connectivity index (χ2v) is 10.5. The molecule has 4 heterocycles. The lowest BCUT2D eigenvalue weighted by atomic mass is 10.1. The first-order valence-corrected chi connectivity index (χ1v) is 13.3. The molecule has 0 bridgehead atoms. The molecule has 3 N–H and O–H groups in total. The summed E-state index contributed by atoms with van der Waals surface area (Å²) in [5.74, 6) is -0.485. The van der Waals surface area contributed by atoms with Crippen molar-refractivity contribution in [2.75, 3.05) is 32.5 Å². The Kier molecular flexibility index (Phi) is 8.21. The van der Waals surface area contributed by atoms with Crippen molar-refractivity contribution < 1.29 is 22.3 Å². The maximum absolute atomic E-state index is 15.7. The van der Waals surface area contributed by atoms with E-state index in [0.29, 0.717) is 24.3 Å². The van der Waals surface area contributed by atoms with Crippen LogP contribution in [0.15, 0.2) is 43.1 Å². The number of aromatic nitrogens is 5. The van der Waals surface area contributed by atoms with Gasteiger partial charge in [-0.3, -0.25) is 9.88 Å². The number of fused-ring (bicyclic) bond motifs is 1. The van der Waals surface area contributed by atoms with Crippen LogP contribution in [0.5, 0.6) is 5.75 Å². The Labute approximate surface area is 243 Å². The standard InChI is InChI=1S/C27H28ClF4N9O/c1-39(2)17-4-7-41(14-17)13-15-8-16(27(30,31)32)9-18(23(15)29)37-26-38-25-24(40(26)3)22(28)21(12-36-25)42-20(10-33)19-11-34-5-6-35-19/h5-6,8-12,17H,4,7,13-14,33H2,1-3H3,(H,36,37,38)/b20-10+. The van der Waals surface area contributed by atoms with Crippen LogP contribution in [-0.2, 0) is 19.8 Å². The predicted molar refractivity (Wildman–Crippen MR) is 150 cm³/mol. The highest BCUT2D eigenvalue weighted by Gasteiger charge is 2.34. The fourth-order valence-electron chi connectivity index (χ4n) is 4.81. The smallest absolute Gasteiger partial charge is 0.416 e. The van der Waals surface area contributed by atoms with Gasteiger partial charge < -0.3 is 25.3 Å². The van der Waals surface area contributed by atoms with Crippen LogP contribution in [0.3, 0.4) is 0 Å². The summed E-state index contributed by atoms with van der Waals surface area (Å²) >= 11 is 6.63. The summed E-state index contributed by atoms with van der Waals surface area (Å²) in [6, 6.07) is 1.84. The molecule has 0 radical (unpaired) electrons. The predicted octanol–water partition coefficient (Wildman–Crippen LogP) is 4.79. The lowest BCUT2D eigenvalue weighted by Crippen LogP contribution is -2.31. The number of nitrogens with two attached hydrogens (primary N) is 1. The molecule has 1 aliphatic heterocycles. The maximum Gasteiger partial charge on any atom is 0.416 e. The maximum atomic E-state index is 15.7. The number of rotatable bonds is 8. The third-order valence-corrected chi connectivity index (χ3v) is 7.45. The summed E-state index contributed by atoms with van der Waals surface area (Å²) in [4.78, 5) is 20.7. The zero-order valence-corrected chi connectivity index (χ0v) is 23.7. The Hall–Kier alpha value is -4.01. The van der Waals surface area contributed by atoms with Crippen LogP contribution >= 0.6 is 11.6 Å². The minimum absolute atomic E-state index is 0.0260. The van der Waals surface area contributed by atoms with E-state index in [1.165, 1.54) is 35.6 Å². The SMILES string of the molecule is CN(C)C1CCN(Cc2cc(C(F)(F)F)cc(Nc3nc4ncc(O/C(=C/N)c5cnccn5)c(Cl)c4n3C)c2F)C1. The van der Waals surface area contributed by atoms with Gasteiger partial charge in [0.2, 0.25) is 5.95 Å². The number of pyridine rings is 1. The van der Waals surface area contributed by atoms with Crippen molar-refractivity contribution in [2.24, 2.45) is 12.8 Å². The summed E-state index contributed by atoms with van der Waals surface area (Å²) in [5, 5.41) is 2.82. The highest BCUT2D eigenvalue weighted by Crippen LogP contribution is 2.38. The number of ether oxygens (including phenoxy) is 1. The van der Waals surface area contributed by atoms with E-state index in [-0.39, 0.29) is 52.0 Å². The van der Waals surface area contributed by atoms with E-state index in [1.54, 1.807) is 7.05 Å². The van der Waals surface area contributed by atoms with Crippen molar-refractivity contribution in [2.45, 2.75) is 25.2 Å². The number of hydrogen-bond donors (Lipinski definition) is 2. The van der Waals surface area contributed by atoms with E-state index in [4.69, 9.17) is 22.1 Å². The molecule has 1 atom stereocenters. The van der Waals surface area contributed by atoms with Gasteiger partial charge in [-0.2, -0.15) is 18.2 Å². The summed E-state index contributed by atoms with van der Waals surface area (Å²) in [5.41, 5.74) is 5.11. The molecule has 1 aromatic carbocycles. The van der Waals surface area contributed by atoms with Gasteiger partial charge in [-0.05, 0) is 32.6 Å². The minimum atomic E-state index is -4.68. The van der Waals surface area contributed by atoms with Crippen molar-refractivity contribution in [3.63, 3.8) is 0 Å². The summed E-state index contributed by atoms with van der Waals surface area (Å²) in [6.45, 7) is 1.31. The van der Waals surface area contributed by atoms with Gasteiger partial charge in [-0.15, -0.1) is 0 Å². The summed E-state index contributed by atoms with van der Waals surface area (Å²) in [6.07, 6.45) is 3.08. The average molecular weight is 606 g/mol. The molecular weight excluding hydrogens is 578 g/mol. The Morgan fingerprint density at radius 1 is 1.24 bits per heavy atom. The molecule has 3 aromatic heterocycles. The molecule has 0 aliphatic carbocycles. The van der Waals surface area contributed by atoms with E-state index in [0.717, 1.165) is 18.6 Å². The van der Waals surface area contributed by atoms with E-state index in [9.17, 15) is 13.2 Å². The average Bonchev–Trinajstić information content (AvgIpc) is 3.55. The van der Waals surface area contributed by atoms with Crippen LogP contribution in [0, 0.1) is 5.82 Å². The Bertz CT molecular complexity index is 1630. The number of benzene rings is 1. The number of alkyl halides is 3. The van der Waals surface area contributed by atoms with E-state index >= 15 is 4.39 Å². The Balaban J connectivity index is 1.47. The van der Waals surface area contributed by atoms with Crippen LogP contribution in [-0.4, -0.2) is 67.5 Å². The second kappa shape index (κ2) is 11.7. The topological polar surface area (TPSA) is 110 Å². The molecule has 42 heavy (non-hydrogen) atoms. The fraction of sp³-hybridized carbons (Fsp3) is 0.333. The van der Waals surface area contributed by atoms with E-state index in [1.807, 2.05) is 19.0 Å². The van der Waals surface area contributed by atoms with Crippen molar-refractivity contribution >= 4 is 40.2 Å². The van der Waals surface area contributed by atoms with Crippen LogP contribution in [0.2, 0.25) is 5.02 Å². The van der Waals surface area contributed by atoms with Crippen LogP contribution in [0.4, 0.5) is 29.2 Å². The molecule has 1 fully saturated rings. The number of nitrogens with one attached hydrogen (secondary N) is 1. The normalized spacial score (nSPS) is 16.5. The zero-order chi connectivity index (χ0) is 30.2. The van der Waals surface area contributed by atoms with Crippen molar-refractivity contribution in [3.8, 4) is 5.75 Å². The minimum Gasteiger partial charge on any atom is -0.450 e. The van der Waals surface area contributed by atoms with Gasteiger partial charge in [0.1, 0.15) is 16.2 Å². The monoisotopic (exact) mass is 605 g/mol. The van der Waals surface area contributed by atoms with Gasteiger partial charge >= 0.3 is 6.18 Å². The van der Waals surface area contributed by atoms with Crippen LogP contribution in [0.1, 0.15) is 23.2 Å². The van der Waals surface area contributed by atoms with Gasteiger partial charge in [0, 0.05) is 56.9 Å². The van der Waals surface area contributed by atoms with Crippen molar-refractivity contribution in [1.29, 1.82) is 0 Å². The van der Waals surface area contributed by atoms with E-state index < -0.39 is 17.6 Å². The van der Waals surface area contributed by atoms with Gasteiger partial charge in [-0.25, -0.2) is 14.4 Å². The van der Waals surface area contributed by atoms with Gasteiger partial charge in [0.15, 0.2) is 23.0 Å². The molecule has 10 nitrogen and oxygen atoms in total. The zero-order valence-electron chi connectivity index (χ0n) is 23.0. The highest BCUT2D eigenvalue weighted by atomic mass is 35.5. The van der Waals surface area contributed by atoms with Crippen molar-refractivity contribution in [3.05, 3.63) is 70.8 Å². The number of nitrogens with zero attached hydrogens (tertiary/aromatic N) is 7. The molecule has 5 rings (SSSR count). The Morgan fingerprint density at radius 3 is 2.67 bits per heavy atom. The molecule has 0 amide bonds. The first-order chi connectivity index (χ1) is 20.0. The molecule has 1 unspecified atom stereocenters. The quantitative estimate of drug-likeness (QED) is 0.216. The number of halogens is 5. The number of likely N-dealkylation sites (tertiary alicyclic amines) is 1. The summed E-state index contributed by atoms with van der Waals surface area (Å²) < 4.78 is 64.5. The van der Waals surface area contributed by atoms with Gasteiger partial charge in [0.05, 0.1) is 23.6 Å². The first kappa shape index (κ1) is 29.5. The lowest BCUT2D eigenvalue weighted by molar-refractivity contribution is -0.137. The number of hydrogen-bond acceptors (Lipinski definition) is 9. The van der Waals surface area contributed by atoms with E-state index in [2.05, 4.69) is 30.2 Å². The molecule has 222 valence electrons. The molecule has 15 heteroatoms. The second-order valence-electron chi connectivity index (χ2n) is 10.1.